The van der Waals surface area contributed by atoms with Gasteiger partial charge in [0.25, 0.3) is 0 Å². The molecule has 0 N–H and O–H groups in total. The summed E-state index contributed by atoms with van der Waals surface area (Å²) in [6.07, 6.45) is 10.0. The quantitative estimate of drug-likeness (QED) is 0.0966. The van der Waals surface area contributed by atoms with Crippen molar-refractivity contribution in [3.8, 4) is 33.6 Å². The van der Waals surface area contributed by atoms with Gasteiger partial charge in [-0.15, -0.1) is 0 Å². The minimum atomic E-state index is 0.904. The molecular formula is C55H52N6+2. The van der Waals surface area contributed by atoms with Gasteiger partial charge in [0.05, 0.1) is 11.4 Å². The van der Waals surface area contributed by atoms with E-state index < -0.39 is 0 Å². The monoisotopic (exact) mass is 796 g/mol. The normalized spacial score (nSPS) is 11.7. The SMILES string of the molecule is C=Cc1ccc2ccc(-c3ccc(C=Nc4ccc(-c5ccc(N=Cc6ccc(-c7ccc8ccc(/C=C\C)c(N(C)C)c8[n+]7C)cc6)cc5)cc4)cc3)[n+](C)c2c1N(C)C. The van der Waals surface area contributed by atoms with E-state index in [-0.39, 0.29) is 0 Å². The maximum Gasteiger partial charge on any atom is 0.236 e. The zero-order chi connectivity index (χ0) is 42.6. The molecular weight excluding hydrogens is 745 g/mol. The summed E-state index contributed by atoms with van der Waals surface area (Å²) < 4.78 is 4.58. The van der Waals surface area contributed by atoms with Crippen LogP contribution in [0.25, 0.3) is 67.6 Å². The zero-order valence-electron chi connectivity index (χ0n) is 36.1. The van der Waals surface area contributed by atoms with Gasteiger partial charge >= 0.3 is 0 Å². The molecule has 0 bridgehead atoms. The van der Waals surface area contributed by atoms with Crippen LogP contribution >= 0.6 is 0 Å². The summed E-state index contributed by atoms with van der Waals surface area (Å²) in [6.45, 7) is 6.10. The number of anilines is 2. The first kappa shape index (κ1) is 40.3. The van der Waals surface area contributed by atoms with Crippen LogP contribution in [-0.4, -0.2) is 40.6 Å². The molecule has 61 heavy (non-hydrogen) atoms. The van der Waals surface area contributed by atoms with Gasteiger partial charge in [-0.05, 0) is 102 Å². The molecule has 6 heteroatoms. The van der Waals surface area contributed by atoms with Crippen LogP contribution in [0.5, 0.6) is 0 Å². The highest BCUT2D eigenvalue weighted by Gasteiger charge is 2.22. The van der Waals surface area contributed by atoms with Crippen molar-refractivity contribution in [2.45, 2.75) is 6.92 Å². The molecule has 8 aromatic rings. The molecule has 0 saturated carbocycles. The second-order valence-corrected chi connectivity index (χ2v) is 15.8. The first-order chi connectivity index (χ1) is 29.6. The molecule has 0 saturated heterocycles. The summed E-state index contributed by atoms with van der Waals surface area (Å²) in [5, 5.41) is 2.41. The van der Waals surface area contributed by atoms with Crippen LogP contribution in [0.15, 0.2) is 168 Å². The number of benzene rings is 6. The smallest absolute Gasteiger partial charge is 0.236 e. The number of nitrogens with zero attached hydrogens (tertiary/aromatic N) is 6. The summed E-state index contributed by atoms with van der Waals surface area (Å²) in [5.74, 6) is 0. The third-order valence-corrected chi connectivity index (χ3v) is 11.3. The van der Waals surface area contributed by atoms with Crippen LogP contribution in [0.2, 0.25) is 0 Å². The van der Waals surface area contributed by atoms with Gasteiger partial charge in [0.15, 0.2) is 0 Å². The molecule has 2 aromatic heterocycles. The Morgan fingerprint density at radius 2 is 0.836 bits per heavy atom. The van der Waals surface area contributed by atoms with Crippen LogP contribution in [0.3, 0.4) is 0 Å². The lowest BCUT2D eigenvalue weighted by Gasteiger charge is -2.17. The highest BCUT2D eigenvalue weighted by molar-refractivity contribution is 5.95. The Hall–Kier alpha value is -7.44. The van der Waals surface area contributed by atoms with Crippen LogP contribution in [-0.2, 0) is 14.1 Å². The largest absolute Gasteiger partial charge is 0.372 e. The molecule has 0 unspecified atom stereocenters. The van der Waals surface area contributed by atoms with Crippen molar-refractivity contribution < 1.29 is 9.13 Å². The second kappa shape index (κ2) is 17.4. The molecule has 0 aliphatic carbocycles. The van der Waals surface area contributed by atoms with E-state index in [1.165, 1.54) is 33.1 Å². The Kier molecular flexibility index (Phi) is 11.5. The van der Waals surface area contributed by atoms with E-state index in [1.807, 2.05) is 18.5 Å². The summed E-state index contributed by atoms with van der Waals surface area (Å²) in [5.41, 5.74) is 17.9. The van der Waals surface area contributed by atoms with Gasteiger partial charge in [-0.2, -0.15) is 9.13 Å². The molecule has 0 aliphatic heterocycles. The number of aliphatic imine (C=N–C) groups is 2. The molecule has 8 rings (SSSR count). The van der Waals surface area contributed by atoms with Crippen molar-refractivity contribution in [2.75, 3.05) is 38.0 Å². The summed E-state index contributed by atoms with van der Waals surface area (Å²) in [4.78, 5) is 13.9. The minimum absolute atomic E-state index is 0.904. The summed E-state index contributed by atoms with van der Waals surface area (Å²) in [6, 6.07) is 51.4. The maximum absolute atomic E-state index is 4.78. The van der Waals surface area contributed by atoms with Crippen molar-refractivity contribution in [1.29, 1.82) is 0 Å². The fourth-order valence-electron chi connectivity index (χ4n) is 8.25. The van der Waals surface area contributed by atoms with E-state index in [0.717, 1.165) is 67.4 Å². The number of pyridine rings is 2. The van der Waals surface area contributed by atoms with Gasteiger partial charge in [-0.3, -0.25) is 9.98 Å². The van der Waals surface area contributed by atoms with Crippen LogP contribution in [0.4, 0.5) is 22.7 Å². The van der Waals surface area contributed by atoms with E-state index >= 15 is 0 Å². The van der Waals surface area contributed by atoms with Crippen molar-refractivity contribution in [1.82, 2.24) is 0 Å². The standard InChI is InChI=1S/C55H52N6/c1-9-11-45-22-23-47-29-35-51(61(8)55(47)53(45)59(5)6)44-18-14-39(15-19-44)37-57-49-32-26-42(27-33-49)41-24-30-48(31-25-41)56-36-38-12-16-43(17-13-38)50-34-28-46-21-20-40(10-2)52(58(3)4)54(46)60(50)7/h9-37H,2H2,1,3-8H3/q+2/b11-9-. The Balaban J connectivity index is 0.917. The minimum Gasteiger partial charge on any atom is -0.372 e. The fourth-order valence-corrected chi connectivity index (χ4v) is 8.25. The molecule has 0 aliphatic rings. The molecule has 6 aromatic carbocycles. The lowest BCUT2D eigenvalue weighted by molar-refractivity contribution is -0.633. The molecule has 0 spiro atoms. The van der Waals surface area contributed by atoms with E-state index in [9.17, 15) is 0 Å². The second-order valence-electron chi connectivity index (χ2n) is 15.8. The topological polar surface area (TPSA) is 39.0 Å². The zero-order valence-corrected chi connectivity index (χ0v) is 36.1. The van der Waals surface area contributed by atoms with E-state index in [1.54, 1.807) is 0 Å². The van der Waals surface area contributed by atoms with Crippen molar-refractivity contribution in [3.05, 3.63) is 181 Å². The molecule has 300 valence electrons. The number of hydrogen-bond acceptors (Lipinski definition) is 4. The molecule has 6 nitrogen and oxygen atoms in total. The van der Waals surface area contributed by atoms with Gasteiger partial charge in [-0.1, -0.05) is 85.5 Å². The van der Waals surface area contributed by atoms with Crippen LogP contribution < -0.4 is 18.9 Å². The average Bonchev–Trinajstić information content (AvgIpc) is 3.28. The number of allylic oxidation sites excluding steroid dienone is 1. The number of rotatable bonds is 11. The Morgan fingerprint density at radius 3 is 1.23 bits per heavy atom. The van der Waals surface area contributed by atoms with Gasteiger partial charge in [0, 0.05) is 85.8 Å². The van der Waals surface area contributed by atoms with E-state index in [4.69, 9.17) is 9.98 Å². The van der Waals surface area contributed by atoms with Gasteiger partial charge in [0.1, 0.15) is 25.5 Å². The highest BCUT2D eigenvalue weighted by Crippen LogP contribution is 2.32. The first-order valence-corrected chi connectivity index (χ1v) is 20.6. The average molecular weight is 797 g/mol. The van der Waals surface area contributed by atoms with Crippen molar-refractivity contribution in [3.63, 3.8) is 0 Å². The Bertz CT molecular complexity index is 2970. The van der Waals surface area contributed by atoms with Crippen molar-refractivity contribution in [2.24, 2.45) is 24.1 Å². The molecule has 0 radical (unpaired) electrons. The van der Waals surface area contributed by atoms with Gasteiger partial charge < -0.3 is 9.80 Å². The van der Waals surface area contributed by atoms with Gasteiger partial charge in [0.2, 0.25) is 22.4 Å². The predicted molar refractivity (Wildman–Crippen MR) is 261 cm³/mol. The molecule has 2 heterocycles. The lowest BCUT2D eigenvalue weighted by Crippen LogP contribution is -2.33. The molecule has 0 atom stereocenters. The third kappa shape index (κ3) is 8.26. The number of hydrogen-bond donors (Lipinski definition) is 0. The summed E-state index contributed by atoms with van der Waals surface area (Å²) >= 11 is 0. The third-order valence-electron chi connectivity index (χ3n) is 11.3. The predicted octanol–water partition coefficient (Wildman–Crippen LogP) is 12.0. The van der Waals surface area contributed by atoms with E-state index in [2.05, 4.69) is 232 Å². The first-order valence-electron chi connectivity index (χ1n) is 20.6. The van der Waals surface area contributed by atoms with Gasteiger partial charge in [-0.25, -0.2) is 0 Å². The number of aryl methyl sites for hydroxylation is 2. The van der Waals surface area contributed by atoms with Crippen LogP contribution in [0, 0.1) is 0 Å². The Morgan fingerprint density at radius 1 is 0.459 bits per heavy atom. The number of aromatic nitrogens is 2. The molecule has 0 fully saturated rings. The van der Waals surface area contributed by atoms with E-state index in [0.29, 0.717) is 0 Å². The van der Waals surface area contributed by atoms with Crippen molar-refractivity contribution >= 4 is 69.1 Å². The lowest BCUT2D eigenvalue weighted by atomic mass is 10.0. The van der Waals surface area contributed by atoms with Crippen LogP contribution in [0.1, 0.15) is 29.2 Å². The fraction of sp³-hybridized carbons (Fsp3) is 0.127. The summed E-state index contributed by atoms with van der Waals surface area (Å²) in [7, 11) is 12.7. The number of fused-ring (bicyclic) bond motifs is 2. The maximum atomic E-state index is 4.78. The Labute approximate surface area is 360 Å². The highest BCUT2D eigenvalue weighted by atomic mass is 15.1. The molecule has 0 amide bonds.